The van der Waals surface area contributed by atoms with E-state index in [2.05, 4.69) is 5.32 Å². The third kappa shape index (κ3) is 2.84. The van der Waals surface area contributed by atoms with E-state index in [0.717, 1.165) is 18.8 Å². The summed E-state index contributed by atoms with van der Waals surface area (Å²) in [4.78, 5) is 13.5. The molecule has 1 saturated heterocycles. The lowest BCUT2D eigenvalue weighted by Gasteiger charge is -2.39. The van der Waals surface area contributed by atoms with Crippen molar-refractivity contribution >= 4 is 11.6 Å². The van der Waals surface area contributed by atoms with E-state index in [4.69, 9.17) is 4.74 Å². The molecular formula is C13H18N2O2. The zero-order valence-corrected chi connectivity index (χ0v) is 10.3. The minimum atomic E-state index is -0.173. The molecule has 0 radical (unpaired) electrons. The number of hydrogen-bond acceptors (Lipinski definition) is 3. The largest absolute Gasteiger partial charge is 0.363 e. The molecular weight excluding hydrogens is 216 g/mol. The summed E-state index contributed by atoms with van der Waals surface area (Å²) in [6.07, 6.45) is 0. The van der Waals surface area contributed by atoms with Gasteiger partial charge in [0.25, 0.3) is 5.91 Å². The topological polar surface area (TPSA) is 41.6 Å². The molecule has 1 aliphatic rings. The normalized spacial score (nSPS) is 17.3. The fourth-order valence-corrected chi connectivity index (χ4v) is 1.71. The highest BCUT2D eigenvalue weighted by Crippen LogP contribution is 2.16. The molecule has 1 aromatic carbocycles. The molecule has 1 aliphatic heterocycles. The number of ether oxygens (including phenoxy) is 1. The van der Waals surface area contributed by atoms with Crippen LogP contribution in [0.2, 0.25) is 0 Å². The van der Waals surface area contributed by atoms with Crippen LogP contribution in [0.25, 0.3) is 0 Å². The number of carbonyl (C=O) groups excluding carboxylic acids is 1. The Bertz CT molecular complexity index is 388. The van der Waals surface area contributed by atoms with Crippen molar-refractivity contribution in [1.82, 2.24) is 5.32 Å². The number of nitrogens with one attached hydrogen (secondary N) is 1. The molecule has 1 N–H and O–H groups in total. The predicted octanol–water partition coefficient (Wildman–Crippen LogP) is 1.03. The highest BCUT2D eigenvalue weighted by molar-refractivity contribution is 5.93. The molecule has 4 heteroatoms. The van der Waals surface area contributed by atoms with Crippen molar-refractivity contribution in [2.45, 2.75) is 12.5 Å². The van der Waals surface area contributed by atoms with Gasteiger partial charge in [-0.25, -0.2) is 0 Å². The van der Waals surface area contributed by atoms with E-state index in [1.165, 1.54) is 0 Å². The van der Waals surface area contributed by atoms with E-state index in [1.807, 2.05) is 37.3 Å². The summed E-state index contributed by atoms with van der Waals surface area (Å²) < 4.78 is 5.62. The van der Waals surface area contributed by atoms with Gasteiger partial charge in [-0.15, -0.1) is 0 Å². The molecule has 1 heterocycles. The lowest BCUT2D eigenvalue weighted by atomic mass is 10.0. The van der Waals surface area contributed by atoms with Gasteiger partial charge in [0.1, 0.15) is 6.61 Å². The Morgan fingerprint density at radius 3 is 2.59 bits per heavy atom. The highest BCUT2D eigenvalue weighted by Gasteiger charge is 2.33. The van der Waals surface area contributed by atoms with Crippen molar-refractivity contribution in [3.63, 3.8) is 0 Å². The lowest BCUT2D eigenvalue weighted by Crippen LogP contribution is -2.59. The van der Waals surface area contributed by atoms with Crippen molar-refractivity contribution in [3.8, 4) is 0 Å². The van der Waals surface area contributed by atoms with Gasteiger partial charge >= 0.3 is 0 Å². The smallest absolute Gasteiger partial charge is 0.252 e. The average Bonchev–Trinajstić information content (AvgIpc) is 2.33. The quantitative estimate of drug-likeness (QED) is 0.846. The molecule has 0 unspecified atom stereocenters. The number of anilines is 1. The third-order valence-corrected chi connectivity index (χ3v) is 3.06. The molecule has 1 amide bonds. The molecule has 0 saturated carbocycles. The van der Waals surface area contributed by atoms with Gasteiger partial charge in [0, 0.05) is 25.8 Å². The Morgan fingerprint density at radius 1 is 1.41 bits per heavy atom. The minimum absolute atomic E-state index is 0.0238. The number of amides is 1. The molecule has 1 fully saturated rings. The summed E-state index contributed by atoms with van der Waals surface area (Å²) in [6, 6.07) is 9.57. The maximum atomic E-state index is 11.9. The number of para-hydroxylation sites is 1. The maximum absolute atomic E-state index is 11.9. The van der Waals surface area contributed by atoms with Gasteiger partial charge in [0.2, 0.25) is 0 Å². The summed E-state index contributed by atoms with van der Waals surface area (Å²) in [7, 11) is 1.77. The summed E-state index contributed by atoms with van der Waals surface area (Å²) in [5.41, 5.74) is 0.714. The molecule has 17 heavy (non-hydrogen) atoms. The van der Waals surface area contributed by atoms with Crippen molar-refractivity contribution in [2.75, 3.05) is 31.6 Å². The van der Waals surface area contributed by atoms with Crippen LogP contribution in [0, 0.1) is 0 Å². The number of benzene rings is 1. The first kappa shape index (κ1) is 12.1. The van der Waals surface area contributed by atoms with Crippen molar-refractivity contribution in [3.05, 3.63) is 30.3 Å². The van der Waals surface area contributed by atoms with Crippen LogP contribution in [-0.4, -0.2) is 38.3 Å². The zero-order chi connectivity index (χ0) is 12.3. The van der Waals surface area contributed by atoms with Crippen LogP contribution >= 0.6 is 0 Å². The fourth-order valence-electron chi connectivity index (χ4n) is 1.71. The van der Waals surface area contributed by atoms with Crippen molar-refractivity contribution < 1.29 is 9.53 Å². The van der Waals surface area contributed by atoms with Crippen molar-refractivity contribution in [1.29, 1.82) is 0 Å². The third-order valence-electron chi connectivity index (χ3n) is 3.06. The number of hydrogen-bond donors (Lipinski definition) is 1. The number of likely N-dealkylation sites (N-methyl/N-ethyl adjacent to an activating group) is 1. The molecule has 0 aliphatic carbocycles. The number of nitrogens with zero attached hydrogens (tertiary/aromatic N) is 1. The highest BCUT2D eigenvalue weighted by atomic mass is 16.5. The first-order valence-corrected chi connectivity index (χ1v) is 5.77. The Hall–Kier alpha value is -1.39. The molecule has 4 nitrogen and oxygen atoms in total. The SMILES string of the molecule is CN(C(=O)COC1(C)CNC1)c1ccccc1. The van der Waals surface area contributed by atoms with Crippen LogP contribution < -0.4 is 10.2 Å². The molecule has 0 bridgehead atoms. The van der Waals surface area contributed by atoms with Gasteiger partial charge in [-0.1, -0.05) is 18.2 Å². The van der Waals surface area contributed by atoms with E-state index in [-0.39, 0.29) is 18.1 Å². The Labute approximate surface area is 102 Å². The van der Waals surface area contributed by atoms with Crippen LogP contribution in [0.1, 0.15) is 6.92 Å². The Morgan fingerprint density at radius 2 is 2.06 bits per heavy atom. The number of carbonyl (C=O) groups is 1. The molecule has 92 valence electrons. The fraction of sp³-hybridized carbons (Fsp3) is 0.462. The van der Waals surface area contributed by atoms with E-state index >= 15 is 0 Å². The molecule has 0 spiro atoms. The zero-order valence-electron chi connectivity index (χ0n) is 10.3. The van der Waals surface area contributed by atoms with E-state index in [1.54, 1.807) is 11.9 Å². The van der Waals surface area contributed by atoms with Crippen molar-refractivity contribution in [2.24, 2.45) is 0 Å². The van der Waals surface area contributed by atoms with Gasteiger partial charge in [0.15, 0.2) is 0 Å². The molecule has 0 atom stereocenters. The molecule has 0 aromatic heterocycles. The van der Waals surface area contributed by atoms with Crippen LogP contribution in [0.3, 0.4) is 0 Å². The first-order valence-electron chi connectivity index (χ1n) is 5.77. The van der Waals surface area contributed by atoms with Gasteiger partial charge in [0.05, 0.1) is 5.60 Å². The second-order valence-corrected chi connectivity index (χ2v) is 4.63. The van der Waals surface area contributed by atoms with Crippen LogP contribution in [-0.2, 0) is 9.53 Å². The standard InChI is InChI=1S/C13H18N2O2/c1-13(9-14-10-13)17-8-12(16)15(2)11-6-4-3-5-7-11/h3-7,14H,8-10H2,1-2H3. The van der Waals surface area contributed by atoms with Crippen LogP contribution in [0.4, 0.5) is 5.69 Å². The molecule has 2 rings (SSSR count). The second kappa shape index (κ2) is 4.85. The summed E-state index contributed by atoms with van der Waals surface area (Å²) in [5, 5.41) is 3.14. The van der Waals surface area contributed by atoms with Gasteiger partial charge in [-0.05, 0) is 19.1 Å². The first-order chi connectivity index (χ1) is 8.11. The minimum Gasteiger partial charge on any atom is -0.363 e. The predicted molar refractivity (Wildman–Crippen MR) is 67.1 cm³/mol. The van der Waals surface area contributed by atoms with Gasteiger partial charge in [-0.3, -0.25) is 4.79 Å². The summed E-state index contributed by atoms with van der Waals surface area (Å²) in [5.74, 6) is -0.0238. The Kier molecular flexibility index (Phi) is 3.45. The van der Waals surface area contributed by atoms with Gasteiger partial charge in [-0.2, -0.15) is 0 Å². The van der Waals surface area contributed by atoms with Crippen LogP contribution in [0.15, 0.2) is 30.3 Å². The molecule has 1 aromatic rings. The second-order valence-electron chi connectivity index (χ2n) is 4.63. The number of rotatable bonds is 4. The van der Waals surface area contributed by atoms with E-state index in [9.17, 15) is 4.79 Å². The monoisotopic (exact) mass is 234 g/mol. The van der Waals surface area contributed by atoms with Crippen LogP contribution in [0.5, 0.6) is 0 Å². The Balaban J connectivity index is 1.87. The van der Waals surface area contributed by atoms with E-state index < -0.39 is 0 Å². The lowest BCUT2D eigenvalue weighted by molar-refractivity contribution is -0.133. The maximum Gasteiger partial charge on any atom is 0.252 e. The summed E-state index contributed by atoms with van der Waals surface area (Å²) >= 11 is 0. The van der Waals surface area contributed by atoms with Gasteiger partial charge < -0.3 is 15.0 Å². The average molecular weight is 234 g/mol. The summed E-state index contributed by atoms with van der Waals surface area (Å²) in [6.45, 7) is 3.77. The van der Waals surface area contributed by atoms with E-state index in [0.29, 0.717) is 0 Å².